The molecule has 2 heterocycles. The molecule has 1 aromatic carbocycles. The predicted octanol–water partition coefficient (Wildman–Crippen LogP) is 3.40. The van der Waals surface area contributed by atoms with Crippen molar-refractivity contribution in [2.45, 2.75) is 52.4 Å². The number of aliphatic hydroxyl groups excluding tert-OH is 1. The zero-order chi connectivity index (χ0) is 21.3. The van der Waals surface area contributed by atoms with Crippen LogP contribution in [0, 0.1) is 17.8 Å². The Kier molecular flexibility index (Phi) is 6.34. The predicted molar refractivity (Wildman–Crippen MR) is 112 cm³/mol. The molecule has 1 fully saturated rings. The van der Waals surface area contributed by atoms with E-state index in [1.807, 2.05) is 44.2 Å². The van der Waals surface area contributed by atoms with Gasteiger partial charge in [0.2, 0.25) is 0 Å². The van der Waals surface area contributed by atoms with Gasteiger partial charge in [-0.15, -0.1) is 0 Å². The van der Waals surface area contributed by atoms with Gasteiger partial charge in [0.15, 0.2) is 0 Å². The van der Waals surface area contributed by atoms with E-state index in [1.165, 1.54) is 13.3 Å². The van der Waals surface area contributed by atoms with Crippen molar-refractivity contribution in [3.05, 3.63) is 52.4 Å². The Morgan fingerprint density at radius 3 is 2.41 bits per heavy atom. The summed E-state index contributed by atoms with van der Waals surface area (Å²) in [5, 5.41) is 21.2. The van der Waals surface area contributed by atoms with Crippen molar-refractivity contribution in [1.82, 2.24) is 4.73 Å². The van der Waals surface area contributed by atoms with Crippen molar-refractivity contribution >= 4 is 0 Å². The number of pyridine rings is 1. The van der Waals surface area contributed by atoms with Crippen molar-refractivity contribution in [3.8, 4) is 16.9 Å². The van der Waals surface area contributed by atoms with Gasteiger partial charge in [0.1, 0.15) is 12.9 Å². The lowest BCUT2D eigenvalue weighted by Gasteiger charge is -2.42. The second-order valence-corrected chi connectivity index (χ2v) is 8.30. The average molecular weight is 402 g/mol. The minimum Gasteiger partial charge on any atom is -0.507 e. The van der Waals surface area contributed by atoms with Crippen LogP contribution >= 0.6 is 0 Å². The summed E-state index contributed by atoms with van der Waals surface area (Å²) in [5.41, 5.74) is 1.06. The first kappa shape index (κ1) is 21.4. The van der Waals surface area contributed by atoms with E-state index in [0.717, 1.165) is 16.7 Å². The Labute approximate surface area is 171 Å². The van der Waals surface area contributed by atoms with E-state index in [-0.39, 0.29) is 35.2 Å². The highest BCUT2D eigenvalue weighted by Gasteiger charge is 2.41. The maximum Gasteiger partial charge on any atom is 0.292 e. The summed E-state index contributed by atoms with van der Waals surface area (Å²) in [6, 6.07) is 9.38. The molecular weight excluding hydrogens is 370 g/mol. The molecule has 1 aliphatic rings. The van der Waals surface area contributed by atoms with Crippen molar-refractivity contribution in [2.75, 3.05) is 7.11 Å². The van der Waals surface area contributed by atoms with Crippen LogP contribution in [-0.2, 0) is 4.74 Å². The van der Waals surface area contributed by atoms with Crippen LogP contribution < -0.4 is 10.4 Å². The number of nitrogens with zero attached hydrogens (tertiary/aromatic N) is 1. The van der Waals surface area contributed by atoms with Gasteiger partial charge in [-0.1, -0.05) is 51.1 Å². The van der Waals surface area contributed by atoms with Crippen LogP contribution in [0.15, 0.2) is 41.3 Å². The van der Waals surface area contributed by atoms with E-state index < -0.39 is 17.8 Å². The van der Waals surface area contributed by atoms with Gasteiger partial charge < -0.3 is 19.8 Å². The van der Waals surface area contributed by atoms with E-state index in [2.05, 4.69) is 6.92 Å². The van der Waals surface area contributed by atoms with E-state index in [9.17, 15) is 15.0 Å². The highest BCUT2D eigenvalue weighted by atomic mass is 16.6. The SMILES string of the molecule is COn1cc(-c2ccccc2)c(O)c(C2OC(C(C)[C@H](C)O)C(C)CC2C)c1=O. The number of ether oxygens (including phenoxy) is 1. The maximum atomic E-state index is 13.1. The van der Waals surface area contributed by atoms with Gasteiger partial charge in [-0.25, -0.2) is 0 Å². The highest BCUT2D eigenvalue weighted by Crippen LogP contribution is 2.44. The second kappa shape index (κ2) is 8.59. The molecular formula is C23H31NO5. The van der Waals surface area contributed by atoms with E-state index >= 15 is 0 Å². The van der Waals surface area contributed by atoms with Crippen LogP contribution in [0.1, 0.15) is 45.8 Å². The molecule has 3 rings (SSSR count). The van der Waals surface area contributed by atoms with Crippen molar-refractivity contribution in [1.29, 1.82) is 0 Å². The van der Waals surface area contributed by atoms with Gasteiger partial charge in [0.25, 0.3) is 5.56 Å². The number of hydrogen-bond donors (Lipinski definition) is 2. The summed E-state index contributed by atoms with van der Waals surface area (Å²) < 4.78 is 7.52. The third-order valence-corrected chi connectivity index (χ3v) is 6.16. The Morgan fingerprint density at radius 2 is 1.83 bits per heavy atom. The maximum absolute atomic E-state index is 13.1. The number of aliphatic hydroxyl groups is 1. The average Bonchev–Trinajstić information content (AvgIpc) is 2.69. The Hall–Kier alpha value is -2.31. The van der Waals surface area contributed by atoms with Crippen molar-refractivity contribution < 1.29 is 19.8 Å². The second-order valence-electron chi connectivity index (χ2n) is 8.30. The molecule has 2 aromatic rings. The van der Waals surface area contributed by atoms with Gasteiger partial charge in [-0.05, 0) is 30.7 Å². The lowest BCUT2D eigenvalue weighted by Crippen LogP contribution is -2.43. The Balaban J connectivity index is 2.12. The summed E-state index contributed by atoms with van der Waals surface area (Å²) >= 11 is 0. The molecule has 0 spiro atoms. The molecule has 0 radical (unpaired) electrons. The Bertz CT molecular complexity index is 892. The highest BCUT2D eigenvalue weighted by molar-refractivity contribution is 5.70. The summed E-state index contributed by atoms with van der Waals surface area (Å²) in [6.07, 6.45) is 0.994. The minimum absolute atomic E-state index is 0.0254. The summed E-state index contributed by atoms with van der Waals surface area (Å²) in [4.78, 5) is 18.3. The molecule has 158 valence electrons. The molecule has 1 aliphatic heterocycles. The van der Waals surface area contributed by atoms with Gasteiger partial charge in [-0.3, -0.25) is 4.79 Å². The fourth-order valence-electron chi connectivity index (χ4n) is 4.37. The molecule has 6 atom stereocenters. The third-order valence-electron chi connectivity index (χ3n) is 6.16. The molecule has 0 aliphatic carbocycles. The molecule has 1 aromatic heterocycles. The minimum atomic E-state index is -0.588. The monoisotopic (exact) mass is 401 g/mol. The first-order chi connectivity index (χ1) is 13.8. The lowest BCUT2D eigenvalue weighted by atomic mass is 9.78. The van der Waals surface area contributed by atoms with Crippen molar-refractivity contribution in [3.63, 3.8) is 0 Å². The fourth-order valence-corrected chi connectivity index (χ4v) is 4.37. The number of hydrogen-bond acceptors (Lipinski definition) is 5. The fraction of sp³-hybridized carbons (Fsp3) is 0.522. The molecule has 2 N–H and O–H groups in total. The van der Waals surface area contributed by atoms with Crippen LogP contribution in [-0.4, -0.2) is 34.3 Å². The topological polar surface area (TPSA) is 80.9 Å². The standard InChI is InChI=1S/C23H31NO5/c1-13-11-14(2)22(29-21(13)15(3)16(4)25)19-20(26)18(12-24(28-5)23(19)27)17-9-7-6-8-10-17/h6-10,12-16,21-22,25-26H,11H2,1-5H3/t13?,14?,15?,16-,21?,22?/m0/s1. The molecule has 6 heteroatoms. The van der Waals surface area contributed by atoms with Crippen LogP contribution in [0.25, 0.3) is 11.1 Å². The van der Waals surface area contributed by atoms with Crippen LogP contribution in [0.4, 0.5) is 0 Å². The van der Waals surface area contributed by atoms with Gasteiger partial charge in [0, 0.05) is 11.5 Å². The normalized spacial score (nSPS) is 26.7. The van der Waals surface area contributed by atoms with Crippen molar-refractivity contribution in [2.24, 2.45) is 17.8 Å². The lowest BCUT2D eigenvalue weighted by molar-refractivity contribution is -0.146. The zero-order valence-corrected chi connectivity index (χ0v) is 17.7. The first-order valence-corrected chi connectivity index (χ1v) is 10.2. The Morgan fingerprint density at radius 1 is 1.17 bits per heavy atom. The van der Waals surface area contributed by atoms with E-state index in [4.69, 9.17) is 9.57 Å². The first-order valence-electron chi connectivity index (χ1n) is 10.2. The van der Waals surface area contributed by atoms with Gasteiger partial charge >= 0.3 is 0 Å². The smallest absolute Gasteiger partial charge is 0.292 e. The summed E-state index contributed by atoms with van der Waals surface area (Å²) in [6.45, 7) is 7.82. The molecule has 0 amide bonds. The van der Waals surface area contributed by atoms with Crippen LogP contribution in [0.2, 0.25) is 0 Å². The number of rotatable bonds is 5. The zero-order valence-electron chi connectivity index (χ0n) is 17.7. The van der Waals surface area contributed by atoms with E-state index in [1.54, 1.807) is 6.92 Å². The molecule has 0 saturated carbocycles. The summed E-state index contributed by atoms with van der Waals surface area (Å²) in [5.74, 6) is 0.0841. The van der Waals surface area contributed by atoms with Gasteiger partial charge in [-0.2, -0.15) is 4.73 Å². The summed E-state index contributed by atoms with van der Waals surface area (Å²) in [7, 11) is 1.42. The number of aromatic hydroxyl groups is 1. The van der Waals surface area contributed by atoms with Crippen LogP contribution in [0.3, 0.4) is 0 Å². The molecule has 1 saturated heterocycles. The number of aromatic nitrogens is 1. The van der Waals surface area contributed by atoms with E-state index in [0.29, 0.717) is 5.56 Å². The molecule has 6 nitrogen and oxygen atoms in total. The molecule has 29 heavy (non-hydrogen) atoms. The number of benzene rings is 1. The van der Waals surface area contributed by atoms with Gasteiger partial charge in [0.05, 0.1) is 30.1 Å². The molecule has 5 unspecified atom stereocenters. The quantitative estimate of drug-likeness (QED) is 0.803. The largest absolute Gasteiger partial charge is 0.507 e. The molecule has 0 bridgehead atoms. The third kappa shape index (κ3) is 4.05. The van der Waals surface area contributed by atoms with Crippen LogP contribution in [0.5, 0.6) is 5.75 Å².